The van der Waals surface area contributed by atoms with Gasteiger partial charge in [0.15, 0.2) is 0 Å². The zero-order valence-electron chi connectivity index (χ0n) is 32.5. The third kappa shape index (κ3) is 8.82. The number of nitrogens with one attached hydrogen (secondary N) is 2. The van der Waals surface area contributed by atoms with E-state index in [0.29, 0.717) is 5.92 Å². The zero-order valence-corrected chi connectivity index (χ0v) is 32.5. The summed E-state index contributed by atoms with van der Waals surface area (Å²) in [5, 5.41) is 7.36. The summed E-state index contributed by atoms with van der Waals surface area (Å²) in [6.45, 7) is 6.80. The Hall–Kier alpha value is -6.90. The van der Waals surface area contributed by atoms with Crippen molar-refractivity contribution in [1.82, 2.24) is 0 Å². The quantitative estimate of drug-likeness (QED) is 0.122. The molecule has 2 atom stereocenters. The summed E-state index contributed by atoms with van der Waals surface area (Å²) in [7, 11) is 0. The van der Waals surface area contributed by atoms with E-state index in [1.54, 1.807) is 0 Å². The molecule has 2 N–H and O–H groups in total. The van der Waals surface area contributed by atoms with Gasteiger partial charge in [-0.05, 0) is 124 Å². The lowest BCUT2D eigenvalue weighted by Crippen LogP contribution is -2.31. The van der Waals surface area contributed by atoms with Crippen molar-refractivity contribution in [3.63, 3.8) is 0 Å². The second kappa shape index (κ2) is 17.3. The van der Waals surface area contributed by atoms with Crippen molar-refractivity contribution in [2.75, 3.05) is 10.6 Å². The molecule has 8 rings (SSSR count). The Balaban J connectivity index is 0.987. The number of rotatable bonds is 12. The van der Waals surface area contributed by atoms with Crippen LogP contribution >= 0.6 is 0 Å². The number of allylic oxidation sites excluding steroid dienone is 12. The third-order valence-electron chi connectivity index (χ3n) is 11.1. The summed E-state index contributed by atoms with van der Waals surface area (Å²) in [5.74, 6) is 0.408. The van der Waals surface area contributed by atoms with Gasteiger partial charge in [0.2, 0.25) is 0 Å². The summed E-state index contributed by atoms with van der Waals surface area (Å²) < 4.78 is 0. The Bertz CT molecular complexity index is 2470. The molecule has 0 bridgehead atoms. The summed E-state index contributed by atoms with van der Waals surface area (Å²) >= 11 is 0. The molecule has 0 spiro atoms. The lowest BCUT2D eigenvalue weighted by molar-refractivity contribution is 0.572. The monoisotopic (exact) mass is 736 g/mol. The summed E-state index contributed by atoms with van der Waals surface area (Å²) in [5.41, 5.74) is 15.0. The van der Waals surface area contributed by atoms with Gasteiger partial charge < -0.3 is 10.6 Å². The molecule has 0 saturated heterocycles. The van der Waals surface area contributed by atoms with Crippen molar-refractivity contribution in [3.05, 3.63) is 253 Å². The van der Waals surface area contributed by atoms with Crippen molar-refractivity contribution in [3.8, 4) is 22.3 Å². The molecule has 0 heterocycles. The fourth-order valence-electron chi connectivity index (χ4n) is 7.87. The first-order valence-corrected chi connectivity index (χ1v) is 19.8. The van der Waals surface area contributed by atoms with E-state index in [4.69, 9.17) is 0 Å². The number of hydrogen-bond donors (Lipinski definition) is 2. The minimum atomic E-state index is -0.248. The van der Waals surface area contributed by atoms with Gasteiger partial charge in [-0.1, -0.05) is 170 Å². The topological polar surface area (TPSA) is 24.1 Å². The first kappa shape index (κ1) is 37.0. The molecular formula is C55H48N2. The van der Waals surface area contributed by atoms with E-state index < -0.39 is 0 Å². The van der Waals surface area contributed by atoms with Crippen LogP contribution in [0.1, 0.15) is 47.9 Å². The molecule has 2 heteroatoms. The van der Waals surface area contributed by atoms with Crippen LogP contribution in [0.2, 0.25) is 0 Å². The van der Waals surface area contributed by atoms with Gasteiger partial charge in [0.1, 0.15) is 0 Å². The first-order chi connectivity index (χ1) is 28.0. The third-order valence-corrected chi connectivity index (χ3v) is 11.1. The maximum absolute atomic E-state index is 4.44. The van der Waals surface area contributed by atoms with Crippen LogP contribution in [0, 0.1) is 0 Å². The average molecular weight is 737 g/mol. The van der Waals surface area contributed by atoms with E-state index in [1.165, 1.54) is 50.2 Å². The zero-order chi connectivity index (χ0) is 38.9. The Morgan fingerprint density at radius 3 is 2.02 bits per heavy atom. The molecule has 2 unspecified atom stereocenters. The Labute approximate surface area is 338 Å². The number of hydrogen-bond acceptors (Lipinski definition) is 2. The maximum atomic E-state index is 4.44. The summed E-state index contributed by atoms with van der Waals surface area (Å²) in [6.07, 6.45) is 23.4. The highest BCUT2D eigenvalue weighted by Gasteiger charge is 2.35. The SMILES string of the molecule is C=C(/C=C\C=C/Nc1cc(-c2ccccc2)cc(-c2ccccc2)c1)c1cccc(C2=CC=C(Nc3cccc(C4C=CC=CC4)c3)C(C)(c3ccccc3)C2)c1. The highest BCUT2D eigenvalue weighted by atomic mass is 14.9. The molecule has 2 aliphatic rings. The van der Waals surface area contributed by atoms with Gasteiger partial charge in [0.25, 0.3) is 0 Å². The van der Waals surface area contributed by atoms with Gasteiger partial charge in [-0.25, -0.2) is 0 Å². The normalized spacial score (nSPS) is 17.7. The van der Waals surface area contributed by atoms with Gasteiger partial charge in [-0.2, -0.15) is 0 Å². The molecule has 0 aliphatic heterocycles. The van der Waals surface area contributed by atoms with Crippen molar-refractivity contribution in [2.24, 2.45) is 0 Å². The van der Waals surface area contributed by atoms with Gasteiger partial charge in [-0.3, -0.25) is 0 Å². The van der Waals surface area contributed by atoms with Crippen molar-refractivity contribution in [2.45, 2.75) is 31.1 Å². The van der Waals surface area contributed by atoms with E-state index in [0.717, 1.165) is 35.4 Å². The first-order valence-electron chi connectivity index (χ1n) is 19.8. The average Bonchev–Trinajstić information content (AvgIpc) is 3.28. The Morgan fingerprint density at radius 2 is 1.32 bits per heavy atom. The molecule has 2 nitrogen and oxygen atoms in total. The molecule has 0 saturated carbocycles. The van der Waals surface area contributed by atoms with Crippen molar-refractivity contribution < 1.29 is 0 Å². The molecule has 0 radical (unpaired) electrons. The molecule has 0 fully saturated rings. The Kier molecular flexibility index (Phi) is 11.2. The smallest absolute Gasteiger partial charge is 0.0392 e. The van der Waals surface area contributed by atoms with Gasteiger partial charge >= 0.3 is 0 Å². The number of benzene rings is 6. The predicted molar refractivity (Wildman–Crippen MR) is 245 cm³/mol. The second-order valence-corrected chi connectivity index (χ2v) is 15.1. The predicted octanol–water partition coefficient (Wildman–Crippen LogP) is 14.6. The fourth-order valence-corrected chi connectivity index (χ4v) is 7.87. The van der Waals surface area contributed by atoms with Crippen LogP contribution in [0.15, 0.2) is 231 Å². The minimum Gasteiger partial charge on any atom is -0.362 e. The molecule has 0 aromatic heterocycles. The summed E-state index contributed by atoms with van der Waals surface area (Å²) in [6, 6.07) is 56.2. The largest absolute Gasteiger partial charge is 0.362 e. The van der Waals surface area contributed by atoms with E-state index in [9.17, 15) is 0 Å². The fraction of sp³-hybridized carbons (Fsp3) is 0.0909. The van der Waals surface area contributed by atoms with E-state index >= 15 is 0 Å². The van der Waals surface area contributed by atoms with Crippen LogP contribution < -0.4 is 10.6 Å². The van der Waals surface area contributed by atoms with E-state index in [-0.39, 0.29) is 5.41 Å². The van der Waals surface area contributed by atoms with Crippen LogP contribution in [-0.2, 0) is 5.41 Å². The molecule has 57 heavy (non-hydrogen) atoms. The van der Waals surface area contributed by atoms with Crippen LogP contribution in [0.3, 0.4) is 0 Å². The maximum Gasteiger partial charge on any atom is 0.0392 e. The molecule has 0 amide bonds. The van der Waals surface area contributed by atoms with Crippen LogP contribution in [0.25, 0.3) is 33.4 Å². The van der Waals surface area contributed by atoms with Crippen molar-refractivity contribution in [1.29, 1.82) is 0 Å². The molecule has 6 aromatic rings. The van der Waals surface area contributed by atoms with Gasteiger partial charge in [-0.15, -0.1) is 0 Å². The lowest BCUT2D eigenvalue weighted by Gasteiger charge is -2.37. The molecule has 2 aliphatic carbocycles. The van der Waals surface area contributed by atoms with Gasteiger partial charge in [0, 0.05) is 34.6 Å². The minimum absolute atomic E-state index is 0.248. The van der Waals surface area contributed by atoms with E-state index in [2.05, 4.69) is 224 Å². The standard InChI is InChI=1S/C55H48N2/c1-41(19-15-16-34-56-53-38-49(43-22-9-4-10-23-43)36-50(39-53)44-24-11-5-12-25-44)45-26-17-27-46(35-45)48-32-33-54(55(2,40-48)51-29-13-6-14-30-51)57-52-31-18-28-47(37-52)42-20-7-3-8-21-42/h3-20,22-39,42,56-57H,1,21,40H2,2H3/b19-15-,34-16-. The van der Waals surface area contributed by atoms with Crippen molar-refractivity contribution >= 4 is 22.5 Å². The molecule has 278 valence electrons. The molecular weight excluding hydrogens is 689 g/mol. The van der Waals surface area contributed by atoms with Gasteiger partial charge in [0.05, 0.1) is 0 Å². The highest BCUT2D eigenvalue weighted by Crippen LogP contribution is 2.44. The number of anilines is 2. The second-order valence-electron chi connectivity index (χ2n) is 15.1. The molecule has 6 aromatic carbocycles. The highest BCUT2D eigenvalue weighted by molar-refractivity contribution is 5.80. The van der Waals surface area contributed by atoms with E-state index in [1.807, 2.05) is 18.4 Å². The Morgan fingerprint density at radius 1 is 0.632 bits per heavy atom. The lowest BCUT2D eigenvalue weighted by atomic mass is 9.70. The van der Waals surface area contributed by atoms with Crippen LogP contribution in [-0.4, -0.2) is 0 Å². The van der Waals surface area contributed by atoms with Crippen LogP contribution in [0.4, 0.5) is 11.4 Å². The van der Waals surface area contributed by atoms with Crippen LogP contribution in [0.5, 0.6) is 0 Å². The summed E-state index contributed by atoms with van der Waals surface area (Å²) in [4.78, 5) is 0.